The Morgan fingerprint density at radius 3 is 2.82 bits per heavy atom. The van der Waals surface area contributed by atoms with Crippen LogP contribution in [0.2, 0.25) is 0 Å². The molecule has 3 rings (SSSR count). The lowest BCUT2D eigenvalue weighted by molar-refractivity contribution is 0.411. The van der Waals surface area contributed by atoms with Gasteiger partial charge in [-0.15, -0.1) is 11.6 Å². The number of para-hydroxylation sites is 1. The lowest BCUT2D eigenvalue weighted by Crippen LogP contribution is -2.32. The zero-order chi connectivity index (χ0) is 15.5. The predicted octanol–water partition coefficient (Wildman–Crippen LogP) is 4.74. The van der Waals surface area contributed by atoms with Crippen LogP contribution in [0.4, 0.5) is 5.69 Å². The first kappa shape index (κ1) is 15.2. The average molecular weight is 316 g/mol. The van der Waals surface area contributed by atoms with Gasteiger partial charge in [0, 0.05) is 18.8 Å². The minimum absolute atomic E-state index is 0.0178. The third-order valence-corrected chi connectivity index (χ3v) is 4.76. The summed E-state index contributed by atoms with van der Waals surface area (Å²) in [4.78, 5) is 2.41. The second kappa shape index (κ2) is 6.62. The Kier molecular flexibility index (Phi) is 4.58. The van der Waals surface area contributed by atoms with E-state index in [1.54, 1.807) is 7.11 Å². The standard InChI is InChI=1S/C19H22ClNO/c1-14-12-16(9-10-19(14)22-2)17(20)13-21-11-5-7-15-6-3-4-8-18(15)21/h3-4,6,8-10,12,17H,5,7,11,13H2,1-2H3. The van der Waals surface area contributed by atoms with Gasteiger partial charge in [-0.25, -0.2) is 0 Å². The van der Waals surface area contributed by atoms with Crippen molar-refractivity contribution in [3.05, 3.63) is 59.2 Å². The number of alkyl halides is 1. The number of methoxy groups -OCH3 is 1. The topological polar surface area (TPSA) is 12.5 Å². The van der Waals surface area contributed by atoms with Crippen molar-refractivity contribution in [2.75, 3.05) is 25.1 Å². The van der Waals surface area contributed by atoms with Gasteiger partial charge in [-0.2, -0.15) is 0 Å². The minimum Gasteiger partial charge on any atom is -0.496 e. The van der Waals surface area contributed by atoms with Crippen LogP contribution in [-0.4, -0.2) is 20.2 Å². The third kappa shape index (κ3) is 3.07. The maximum absolute atomic E-state index is 6.69. The van der Waals surface area contributed by atoms with Crippen molar-refractivity contribution < 1.29 is 4.74 Å². The smallest absolute Gasteiger partial charge is 0.121 e. The normalized spacial score (nSPS) is 15.3. The van der Waals surface area contributed by atoms with Gasteiger partial charge in [-0.05, 0) is 48.6 Å². The lowest BCUT2D eigenvalue weighted by atomic mass is 10.0. The van der Waals surface area contributed by atoms with Crippen LogP contribution in [0, 0.1) is 6.92 Å². The summed E-state index contributed by atoms with van der Waals surface area (Å²) < 4.78 is 5.32. The Bertz CT molecular complexity index is 656. The summed E-state index contributed by atoms with van der Waals surface area (Å²) in [6.45, 7) is 3.97. The fourth-order valence-corrected chi connectivity index (χ4v) is 3.50. The number of aryl methyl sites for hydroxylation is 2. The Balaban J connectivity index is 1.77. The zero-order valence-electron chi connectivity index (χ0n) is 13.2. The van der Waals surface area contributed by atoms with Crippen molar-refractivity contribution in [2.24, 2.45) is 0 Å². The quantitative estimate of drug-likeness (QED) is 0.756. The molecule has 1 atom stereocenters. The van der Waals surface area contributed by atoms with Crippen LogP contribution in [0.1, 0.15) is 28.5 Å². The highest BCUT2D eigenvalue weighted by Crippen LogP contribution is 2.32. The van der Waals surface area contributed by atoms with E-state index >= 15 is 0 Å². The first-order valence-corrected chi connectivity index (χ1v) is 8.24. The van der Waals surface area contributed by atoms with E-state index < -0.39 is 0 Å². The van der Waals surface area contributed by atoms with Crippen LogP contribution in [-0.2, 0) is 6.42 Å². The Morgan fingerprint density at radius 2 is 2.05 bits per heavy atom. The van der Waals surface area contributed by atoms with E-state index in [2.05, 4.69) is 48.2 Å². The Hall–Kier alpha value is -1.67. The molecule has 3 heteroatoms. The molecule has 116 valence electrons. The Labute approximate surface area is 137 Å². The number of nitrogens with zero attached hydrogens (tertiary/aromatic N) is 1. The van der Waals surface area contributed by atoms with E-state index in [-0.39, 0.29) is 5.38 Å². The van der Waals surface area contributed by atoms with Gasteiger partial charge in [-0.1, -0.05) is 30.3 Å². The molecule has 0 aromatic heterocycles. The number of ether oxygens (including phenoxy) is 1. The Morgan fingerprint density at radius 1 is 1.23 bits per heavy atom. The second-order valence-electron chi connectivity index (χ2n) is 5.87. The van der Waals surface area contributed by atoms with Crippen molar-refractivity contribution in [1.29, 1.82) is 0 Å². The molecule has 2 aromatic rings. The van der Waals surface area contributed by atoms with Crippen LogP contribution in [0.3, 0.4) is 0 Å². The summed E-state index contributed by atoms with van der Waals surface area (Å²) in [5, 5.41) is -0.0178. The molecule has 0 saturated carbocycles. The summed E-state index contributed by atoms with van der Waals surface area (Å²) in [5.41, 5.74) is 5.06. The van der Waals surface area contributed by atoms with E-state index in [0.29, 0.717) is 0 Å². The van der Waals surface area contributed by atoms with Crippen molar-refractivity contribution in [3.63, 3.8) is 0 Å². The number of hydrogen-bond acceptors (Lipinski definition) is 2. The summed E-state index contributed by atoms with van der Waals surface area (Å²) in [5.74, 6) is 0.913. The highest BCUT2D eigenvalue weighted by Gasteiger charge is 2.20. The van der Waals surface area contributed by atoms with Gasteiger partial charge in [0.15, 0.2) is 0 Å². The molecule has 0 amide bonds. The summed E-state index contributed by atoms with van der Waals surface area (Å²) >= 11 is 6.69. The number of rotatable bonds is 4. The van der Waals surface area contributed by atoms with Crippen LogP contribution in [0.15, 0.2) is 42.5 Å². The number of halogens is 1. The van der Waals surface area contributed by atoms with Gasteiger partial charge in [0.1, 0.15) is 5.75 Å². The van der Waals surface area contributed by atoms with Crippen LogP contribution in [0.25, 0.3) is 0 Å². The molecule has 0 aliphatic carbocycles. The largest absolute Gasteiger partial charge is 0.496 e. The fraction of sp³-hybridized carbons (Fsp3) is 0.368. The maximum Gasteiger partial charge on any atom is 0.121 e. The molecule has 1 aliphatic heterocycles. The molecule has 1 heterocycles. The average Bonchev–Trinajstić information content (AvgIpc) is 2.55. The molecule has 2 nitrogen and oxygen atoms in total. The SMILES string of the molecule is COc1ccc(C(Cl)CN2CCCc3ccccc32)cc1C. The van der Waals surface area contributed by atoms with Gasteiger partial charge in [0.2, 0.25) is 0 Å². The van der Waals surface area contributed by atoms with Crippen molar-refractivity contribution in [2.45, 2.75) is 25.1 Å². The minimum atomic E-state index is -0.0178. The number of benzene rings is 2. The molecule has 0 N–H and O–H groups in total. The highest BCUT2D eigenvalue weighted by molar-refractivity contribution is 6.21. The predicted molar refractivity (Wildman–Crippen MR) is 93.3 cm³/mol. The van der Waals surface area contributed by atoms with E-state index in [4.69, 9.17) is 16.3 Å². The van der Waals surface area contributed by atoms with Gasteiger partial charge >= 0.3 is 0 Å². The van der Waals surface area contributed by atoms with Crippen LogP contribution < -0.4 is 9.64 Å². The first-order chi connectivity index (χ1) is 10.7. The van der Waals surface area contributed by atoms with Gasteiger partial charge in [-0.3, -0.25) is 0 Å². The molecule has 1 unspecified atom stereocenters. The molecule has 0 radical (unpaired) electrons. The van der Waals surface area contributed by atoms with Crippen molar-refractivity contribution in [1.82, 2.24) is 0 Å². The summed E-state index contributed by atoms with van der Waals surface area (Å²) in [6.07, 6.45) is 2.36. The first-order valence-electron chi connectivity index (χ1n) is 7.80. The van der Waals surface area contributed by atoms with Crippen molar-refractivity contribution >= 4 is 17.3 Å². The second-order valence-corrected chi connectivity index (χ2v) is 6.40. The lowest BCUT2D eigenvalue weighted by Gasteiger charge is -2.33. The zero-order valence-corrected chi connectivity index (χ0v) is 13.9. The molecule has 0 saturated heterocycles. The number of anilines is 1. The fourth-order valence-electron chi connectivity index (χ4n) is 3.20. The number of hydrogen-bond donors (Lipinski definition) is 0. The van der Waals surface area contributed by atoms with Crippen LogP contribution in [0.5, 0.6) is 5.75 Å². The molecular weight excluding hydrogens is 294 g/mol. The molecule has 22 heavy (non-hydrogen) atoms. The summed E-state index contributed by atoms with van der Waals surface area (Å²) in [6, 6.07) is 14.9. The third-order valence-electron chi connectivity index (χ3n) is 4.37. The van der Waals surface area contributed by atoms with Gasteiger partial charge < -0.3 is 9.64 Å². The molecule has 0 spiro atoms. The van der Waals surface area contributed by atoms with Crippen LogP contribution >= 0.6 is 11.6 Å². The maximum atomic E-state index is 6.69. The van der Waals surface area contributed by atoms with E-state index in [1.165, 1.54) is 24.1 Å². The molecule has 0 fully saturated rings. The summed E-state index contributed by atoms with van der Waals surface area (Å²) in [7, 11) is 1.70. The van der Waals surface area contributed by atoms with E-state index in [1.807, 2.05) is 6.07 Å². The van der Waals surface area contributed by atoms with E-state index in [9.17, 15) is 0 Å². The molecular formula is C19H22ClNO. The monoisotopic (exact) mass is 315 g/mol. The highest BCUT2D eigenvalue weighted by atomic mass is 35.5. The molecule has 0 bridgehead atoms. The van der Waals surface area contributed by atoms with E-state index in [0.717, 1.165) is 30.0 Å². The number of fused-ring (bicyclic) bond motifs is 1. The van der Waals surface area contributed by atoms with Crippen molar-refractivity contribution in [3.8, 4) is 5.75 Å². The molecule has 2 aromatic carbocycles. The van der Waals surface area contributed by atoms with Gasteiger partial charge in [0.05, 0.1) is 12.5 Å². The van der Waals surface area contributed by atoms with Gasteiger partial charge in [0.25, 0.3) is 0 Å². The molecule has 1 aliphatic rings.